The number of hydrogen-bond acceptors (Lipinski definition) is 2. The molecule has 2 aliphatic heterocycles. The molecule has 0 aromatic heterocycles. The molecular weight excluding hydrogens is 174 g/mol. The molecule has 2 heterocycles. The van der Waals surface area contributed by atoms with Crippen molar-refractivity contribution in [3.8, 4) is 0 Å². The summed E-state index contributed by atoms with van der Waals surface area (Å²) in [5.41, 5.74) is 0.312. The molecule has 2 nitrogen and oxygen atoms in total. The summed E-state index contributed by atoms with van der Waals surface area (Å²) in [6, 6.07) is 1.48. The Bertz CT molecular complexity index is 195. The largest absolute Gasteiger partial charge is 0.396 e. The Hall–Kier alpha value is -0.0800. The molecule has 2 bridgehead atoms. The summed E-state index contributed by atoms with van der Waals surface area (Å²) in [4.78, 5) is 2.69. The molecule has 14 heavy (non-hydrogen) atoms. The summed E-state index contributed by atoms with van der Waals surface area (Å²) in [7, 11) is 0. The van der Waals surface area contributed by atoms with Crippen LogP contribution in [0.1, 0.15) is 46.5 Å². The quantitative estimate of drug-likeness (QED) is 0.695. The van der Waals surface area contributed by atoms with Gasteiger partial charge in [0, 0.05) is 24.2 Å². The van der Waals surface area contributed by atoms with Crippen LogP contribution in [-0.2, 0) is 0 Å². The second-order valence-corrected chi connectivity index (χ2v) is 5.98. The number of fused-ring (bicyclic) bond motifs is 2. The third kappa shape index (κ3) is 1.70. The van der Waals surface area contributed by atoms with E-state index in [1.165, 1.54) is 25.7 Å². The van der Waals surface area contributed by atoms with Gasteiger partial charge in [-0.1, -0.05) is 0 Å². The third-order valence-corrected chi connectivity index (χ3v) is 3.86. The molecule has 0 spiro atoms. The molecule has 2 unspecified atom stereocenters. The average molecular weight is 197 g/mol. The predicted octanol–water partition coefficient (Wildman–Crippen LogP) is 2.02. The fraction of sp³-hybridized carbons (Fsp3) is 1.00. The first-order valence-electron chi connectivity index (χ1n) is 5.91. The lowest BCUT2D eigenvalue weighted by Crippen LogP contribution is -2.53. The van der Waals surface area contributed by atoms with Crippen LogP contribution in [0, 0.1) is 5.92 Å². The minimum atomic E-state index is 0.312. The van der Waals surface area contributed by atoms with Crippen LogP contribution in [0.5, 0.6) is 0 Å². The maximum absolute atomic E-state index is 9.22. The Morgan fingerprint density at radius 3 is 2.00 bits per heavy atom. The molecule has 2 atom stereocenters. The van der Waals surface area contributed by atoms with E-state index in [2.05, 4.69) is 25.7 Å². The number of hydrogen-bond donors (Lipinski definition) is 1. The Morgan fingerprint density at radius 1 is 1.14 bits per heavy atom. The maximum atomic E-state index is 9.22. The van der Waals surface area contributed by atoms with Crippen LogP contribution >= 0.6 is 0 Å². The molecule has 0 aromatic rings. The highest BCUT2D eigenvalue weighted by atomic mass is 16.3. The van der Waals surface area contributed by atoms with E-state index >= 15 is 0 Å². The van der Waals surface area contributed by atoms with Crippen LogP contribution < -0.4 is 0 Å². The summed E-state index contributed by atoms with van der Waals surface area (Å²) < 4.78 is 0. The fourth-order valence-corrected chi connectivity index (χ4v) is 3.53. The summed E-state index contributed by atoms with van der Waals surface area (Å²) in [6.07, 6.45) is 5.12. The molecule has 0 amide bonds. The Kier molecular flexibility index (Phi) is 2.61. The lowest BCUT2D eigenvalue weighted by atomic mass is 9.87. The van der Waals surface area contributed by atoms with Gasteiger partial charge in [0.15, 0.2) is 0 Å². The van der Waals surface area contributed by atoms with Crippen molar-refractivity contribution in [3.05, 3.63) is 0 Å². The summed E-state index contributed by atoms with van der Waals surface area (Å²) in [5, 5.41) is 9.22. The van der Waals surface area contributed by atoms with Crippen LogP contribution in [0.3, 0.4) is 0 Å². The van der Waals surface area contributed by atoms with Crippen LogP contribution in [0.25, 0.3) is 0 Å². The first-order chi connectivity index (χ1) is 6.52. The average Bonchev–Trinajstić information content (AvgIpc) is 2.38. The van der Waals surface area contributed by atoms with Gasteiger partial charge in [0.1, 0.15) is 0 Å². The van der Waals surface area contributed by atoms with Crippen LogP contribution in [-0.4, -0.2) is 34.2 Å². The lowest BCUT2D eigenvalue weighted by Gasteiger charge is -2.46. The smallest absolute Gasteiger partial charge is 0.0460 e. The molecule has 1 N–H and O–H groups in total. The first-order valence-corrected chi connectivity index (χ1v) is 5.91. The van der Waals surface area contributed by atoms with Gasteiger partial charge in [-0.15, -0.1) is 0 Å². The number of nitrogens with zero attached hydrogens (tertiary/aromatic N) is 1. The van der Waals surface area contributed by atoms with Crippen LogP contribution in [0.2, 0.25) is 0 Å². The van der Waals surface area contributed by atoms with Gasteiger partial charge in [0.2, 0.25) is 0 Å². The van der Waals surface area contributed by atoms with Gasteiger partial charge >= 0.3 is 0 Å². The van der Waals surface area contributed by atoms with E-state index < -0.39 is 0 Å². The molecule has 2 heteroatoms. The summed E-state index contributed by atoms with van der Waals surface area (Å²) in [6.45, 7) is 7.35. The number of piperidine rings is 1. The second-order valence-electron chi connectivity index (χ2n) is 5.98. The molecule has 2 aliphatic rings. The lowest BCUT2D eigenvalue weighted by molar-refractivity contribution is 0.00912. The van der Waals surface area contributed by atoms with Gasteiger partial charge in [0.25, 0.3) is 0 Å². The second kappa shape index (κ2) is 3.49. The van der Waals surface area contributed by atoms with E-state index in [0.29, 0.717) is 18.1 Å². The van der Waals surface area contributed by atoms with Crippen molar-refractivity contribution < 1.29 is 5.11 Å². The van der Waals surface area contributed by atoms with Gasteiger partial charge < -0.3 is 5.11 Å². The van der Waals surface area contributed by atoms with Crippen molar-refractivity contribution in [1.82, 2.24) is 4.90 Å². The highest BCUT2D eigenvalue weighted by Crippen LogP contribution is 2.42. The van der Waals surface area contributed by atoms with Crippen molar-refractivity contribution in [2.24, 2.45) is 5.92 Å². The molecule has 2 rings (SSSR count). The zero-order valence-electron chi connectivity index (χ0n) is 9.66. The topological polar surface area (TPSA) is 23.5 Å². The molecule has 82 valence electrons. The van der Waals surface area contributed by atoms with Crippen molar-refractivity contribution in [2.45, 2.75) is 64.1 Å². The van der Waals surface area contributed by atoms with Crippen LogP contribution in [0.15, 0.2) is 0 Å². The normalized spacial score (nSPS) is 39.0. The van der Waals surface area contributed by atoms with Crippen molar-refractivity contribution in [3.63, 3.8) is 0 Å². The van der Waals surface area contributed by atoms with E-state index in [0.717, 1.165) is 12.1 Å². The third-order valence-electron chi connectivity index (χ3n) is 3.86. The Morgan fingerprint density at radius 2 is 1.64 bits per heavy atom. The van der Waals surface area contributed by atoms with Crippen LogP contribution in [0.4, 0.5) is 0 Å². The number of aliphatic hydroxyl groups excluding tert-OH is 1. The van der Waals surface area contributed by atoms with Crippen molar-refractivity contribution >= 4 is 0 Å². The molecule has 0 saturated carbocycles. The predicted molar refractivity (Wildman–Crippen MR) is 58.2 cm³/mol. The fourth-order valence-electron chi connectivity index (χ4n) is 3.53. The van der Waals surface area contributed by atoms with Gasteiger partial charge in [0.05, 0.1) is 0 Å². The zero-order valence-corrected chi connectivity index (χ0v) is 9.66. The Balaban J connectivity index is 2.10. The standard InChI is InChI=1S/C12H23NO/c1-12(2,3)13-10-4-5-11(13)7-9(6-10)8-14/h9-11,14H,4-8H2,1-3H3. The summed E-state index contributed by atoms with van der Waals surface area (Å²) >= 11 is 0. The van der Waals surface area contributed by atoms with E-state index in [9.17, 15) is 5.11 Å². The molecule has 0 radical (unpaired) electrons. The molecule has 0 aliphatic carbocycles. The molecule has 2 fully saturated rings. The minimum absolute atomic E-state index is 0.312. The monoisotopic (exact) mass is 197 g/mol. The van der Waals surface area contributed by atoms with E-state index in [1.807, 2.05) is 0 Å². The Labute approximate surface area is 87.3 Å². The van der Waals surface area contributed by atoms with E-state index in [4.69, 9.17) is 0 Å². The number of aliphatic hydroxyl groups is 1. The highest BCUT2D eigenvalue weighted by Gasteiger charge is 2.44. The van der Waals surface area contributed by atoms with Gasteiger partial charge in [-0.2, -0.15) is 0 Å². The molecule has 2 saturated heterocycles. The first kappa shape index (κ1) is 10.4. The van der Waals surface area contributed by atoms with Crippen molar-refractivity contribution in [1.29, 1.82) is 0 Å². The summed E-state index contributed by atoms with van der Waals surface area (Å²) in [5.74, 6) is 0.575. The highest BCUT2D eigenvalue weighted by molar-refractivity contribution is 4.99. The maximum Gasteiger partial charge on any atom is 0.0460 e. The van der Waals surface area contributed by atoms with Gasteiger partial charge in [-0.05, 0) is 52.4 Å². The molecular formula is C12H23NO. The van der Waals surface area contributed by atoms with Gasteiger partial charge in [-0.25, -0.2) is 0 Å². The molecule has 0 aromatic carbocycles. The number of rotatable bonds is 1. The van der Waals surface area contributed by atoms with E-state index in [1.54, 1.807) is 0 Å². The van der Waals surface area contributed by atoms with Crippen molar-refractivity contribution in [2.75, 3.05) is 6.61 Å². The zero-order chi connectivity index (χ0) is 10.3. The minimum Gasteiger partial charge on any atom is -0.396 e. The SMILES string of the molecule is CC(C)(C)N1C2CCC1CC(CO)C2. The van der Waals surface area contributed by atoms with E-state index in [-0.39, 0.29) is 0 Å². The van der Waals surface area contributed by atoms with Gasteiger partial charge in [-0.3, -0.25) is 4.90 Å².